The molecule has 0 saturated carbocycles. The van der Waals surface area contributed by atoms with Crippen molar-refractivity contribution in [2.24, 2.45) is 0 Å². The molecule has 0 bridgehead atoms. The van der Waals surface area contributed by atoms with Gasteiger partial charge < -0.3 is 16.2 Å². The van der Waals surface area contributed by atoms with Crippen LogP contribution in [0.1, 0.15) is 18.4 Å². The second-order valence-electron chi connectivity index (χ2n) is 3.36. The van der Waals surface area contributed by atoms with E-state index in [0.717, 1.165) is 35.2 Å². The van der Waals surface area contributed by atoms with Crippen LogP contribution in [0.25, 0.3) is 0 Å². The predicted octanol–water partition coefficient (Wildman–Crippen LogP) is 1.92. The second-order valence-corrected chi connectivity index (χ2v) is 4.15. The lowest BCUT2D eigenvalue weighted by molar-refractivity contribution is 0.286. The van der Waals surface area contributed by atoms with Crippen molar-refractivity contribution in [3.63, 3.8) is 0 Å². The van der Waals surface area contributed by atoms with E-state index in [-0.39, 0.29) is 6.61 Å². The normalized spacial score (nSPS) is 10.3. The summed E-state index contributed by atoms with van der Waals surface area (Å²) in [7, 11) is 0. The van der Waals surface area contributed by atoms with Crippen molar-refractivity contribution in [2.75, 3.05) is 24.2 Å². The Kier molecular flexibility index (Phi) is 4.84. The molecule has 0 saturated heterocycles. The zero-order valence-electron chi connectivity index (χ0n) is 8.76. The lowest BCUT2D eigenvalue weighted by Gasteiger charge is -2.10. The van der Waals surface area contributed by atoms with Crippen molar-refractivity contribution in [2.45, 2.75) is 19.8 Å². The van der Waals surface area contributed by atoms with Crippen LogP contribution in [0.15, 0.2) is 10.7 Å². The van der Waals surface area contributed by atoms with Gasteiger partial charge in [0.05, 0.1) is 16.4 Å². The van der Waals surface area contributed by atoms with Gasteiger partial charge in [-0.3, -0.25) is 0 Å². The minimum Gasteiger partial charge on any atom is -0.397 e. The van der Waals surface area contributed by atoms with Crippen molar-refractivity contribution in [3.8, 4) is 0 Å². The number of nitrogens with zero attached hydrogens (tertiary/aromatic N) is 1. The number of nitrogens with two attached hydrogens (primary N) is 1. The Morgan fingerprint density at radius 2 is 2.27 bits per heavy atom. The third-order valence-electron chi connectivity index (χ3n) is 2.18. The average molecular weight is 274 g/mol. The van der Waals surface area contributed by atoms with Crippen LogP contribution >= 0.6 is 15.9 Å². The summed E-state index contributed by atoms with van der Waals surface area (Å²) in [5.74, 6) is 0.805. The molecule has 1 heterocycles. The largest absolute Gasteiger partial charge is 0.397 e. The third kappa shape index (κ3) is 3.35. The average Bonchev–Trinajstić information content (AvgIpc) is 2.24. The van der Waals surface area contributed by atoms with Crippen molar-refractivity contribution < 1.29 is 5.11 Å². The van der Waals surface area contributed by atoms with Gasteiger partial charge in [0.25, 0.3) is 0 Å². The minimum atomic E-state index is 0.233. The van der Waals surface area contributed by atoms with Crippen molar-refractivity contribution >= 4 is 27.4 Å². The SMILES string of the molecule is Cc1c(N)cnc(NCCCCO)c1Br. The second kappa shape index (κ2) is 5.92. The molecule has 4 nitrogen and oxygen atoms in total. The Balaban J connectivity index is 2.58. The quantitative estimate of drug-likeness (QED) is 0.717. The summed E-state index contributed by atoms with van der Waals surface area (Å²) in [5.41, 5.74) is 7.39. The molecule has 5 heteroatoms. The first-order valence-corrected chi connectivity index (χ1v) is 5.71. The Morgan fingerprint density at radius 1 is 1.53 bits per heavy atom. The van der Waals surface area contributed by atoms with Crippen molar-refractivity contribution in [1.29, 1.82) is 0 Å². The molecular formula is C10H16BrN3O. The van der Waals surface area contributed by atoms with E-state index in [0.29, 0.717) is 5.69 Å². The molecule has 0 fully saturated rings. The lowest BCUT2D eigenvalue weighted by atomic mass is 10.2. The van der Waals surface area contributed by atoms with Crippen LogP contribution in [0, 0.1) is 6.92 Å². The van der Waals surface area contributed by atoms with Gasteiger partial charge in [-0.2, -0.15) is 0 Å². The Hall–Kier alpha value is -0.810. The number of halogens is 1. The highest BCUT2D eigenvalue weighted by Gasteiger charge is 2.06. The van der Waals surface area contributed by atoms with Crippen LogP contribution < -0.4 is 11.1 Å². The van der Waals surface area contributed by atoms with Gasteiger partial charge in [0, 0.05) is 13.2 Å². The van der Waals surface area contributed by atoms with Gasteiger partial charge in [0.1, 0.15) is 5.82 Å². The van der Waals surface area contributed by atoms with Gasteiger partial charge >= 0.3 is 0 Å². The fourth-order valence-corrected chi connectivity index (χ4v) is 1.63. The van der Waals surface area contributed by atoms with E-state index < -0.39 is 0 Å². The number of anilines is 2. The molecule has 0 aromatic carbocycles. The van der Waals surface area contributed by atoms with E-state index in [4.69, 9.17) is 10.8 Å². The van der Waals surface area contributed by atoms with E-state index in [9.17, 15) is 0 Å². The monoisotopic (exact) mass is 273 g/mol. The number of aliphatic hydroxyl groups excluding tert-OH is 1. The maximum absolute atomic E-state index is 8.63. The van der Waals surface area contributed by atoms with Gasteiger partial charge in [-0.25, -0.2) is 4.98 Å². The fourth-order valence-electron chi connectivity index (χ4n) is 1.16. The van der Waals surface area contributed by atoms with Crippen molar-refractivity contribution in [3.05, 3.63) is 16.2 Å². The Labute approximate surface area is 98.0 Å². The summed E-state index contributed by atoms with van der Waals surface area (Å²) < 4.78 is 0.909. The molecule has 0 aliphatic carbocycles. The van der Waals surface area contributed by atoms with Crippen molar-refractivity contribution in [1.82, 2.24) is 4.98 Å². The topological polar surface area (TPSA) is 71.2 Å². The summed E-state index contributed by atoms with van der Waals surface area (Å²) >= 11 is 3.45. The predicted molar refractivity (Wildman–Crippen MR) is 65.9 cm³/mol. The molecule has 0 aliphatic rings. The molecule has 0 amide bonds. The summed E-state index contributed by atoms with van der Waals surface area (Å²) in [4.78, 5) is 4.19. The standard InChI is InChI=1S/C10H16BrN3O/c1-7-8(12)6-14-10(9(7)11)13-4-2-3-5-15/h6,15H,2-5,12H2,1H3,(H,13,14). The van der Waals surface area contributed by atoms with Gasteiger partial charge in [-0.05, 0) is 41.3 Å². The zero-order valence-corrected chi connectivity index (χ0v) is 10.3. The molecule has 0 aliphatic heterocycles. The molecule has 84 valence electrons. The summed E-state index contributed by atoms with van der Waals surface area (Å²) in [6.07, 6.45) is 3.38. The fraction of sp³-hybridized carbons (Fsp3) is 0.500. The molecule has 4 N–H and O–H groups in total. The number of pyridine rings is 1. The molecule has 1 rings (SSSR count). The maximum Gasteiger partial charge on any atom is 0.140 e. The van der Waals surface area contributed by atoms with E-state index in [1.54, 1.807) is 6.20 Å². The van der Waals surface area contributed by atoms with Gasteiger partial charge in [0.2, 0.25) is 0 Å². The molecule has 0 spiro atoms. The molecule has 0 atom stereocenters. The van der Waals surface area contributed by atoms with Gasteiger partial charge in [-0.1, -0.05) is 0 Å². The zero-order chi connectivity index (χ0) is 11.3. The first kappa shape index (κ1) is 12.3. The summed E-state index contributed by atoms with van der Waals surface area (Å²) in [6, 6.07) is 0. The summed E-state index contributed by atoms with van der Waals surface area (Å²) in [5, 5.41) is 11.8. The van der Waals surface area contributed by atoms with Crippen LogP contribution in [0.2, 0.25) is 0 Å². The number of nitrogen functional groups attached to an aromatic ring is 1. The van der Waals surface area contributed by atoms with Gasteiger partial charge in [-0.15, -0.1) is 0 Å². The van der Waals surface area contributed by atoms with E-state index in [1.807, 2.05) is 6.92 Å². The Morgan fingerprint density at radius 3 is 2.93 bits per heavy atom. The third-order valence-corrected chi connectivity index (χ3v) is 3.15. The van der Waals surface area contributed by atoms with Crippen LogP contribution in [-0.4, -0.2) is 23.2 Å². The van der Waals surface area contributed by atoms with Crippen LogP contribution in [0.3, 0.4) is 0 Å². The number of aromatic nitrogens is 1. The number of aliphatic hydroxyl groups is 1. The highest BCUT2D eigenvalue weighted by Crippen LogP contribution is 2.27. The molecule has 1 aromatic heterocycles. The Bertz CT molecular complexity index is 331. The first-order chi connectivity index (χ1) is 7.16. The number of rotatable bonds is 5. The summed E-state index contributed by atoms with van der Waals surface area (Å²) in [6.45, 7) is 2.98. The first-order valence-electron chi connectivity index (χ1n) is 4.92. The number of hydrogen-bond donors (Lipinski definition) is 3. The van der Waals surface area contributed by atoms with Crippen LogP contribution in [0.5, 0.6) is 0 Å². The van der Waals surface area contributed by atoms with Crippen LogP contribution in [-0.2, 0) is 0 Å². The molecular weight excluding hydrogens is 258 g/mol. The minimum absolute atomic E-state index is 0.233. The van der Waals surface area contributed by atoms with E-state index in [1.165, 1.54) is 0 Å². The van der Waals surface area contributed by atoms with Crippen LogP contribution in [0.4, 0.5) is 11.5 Å². The molecule has 0 radical (unpaired) electrons. The van der Waals surface area contributed by atoms with E-state index in [2.05, 4.69) is 26.2 Å². The van der Waals surface area contributed by atoms with Gasteiger partial charge in [0.15, 0.2) is 0 Å². The highest BCUT2D eigenvalue weighted by atomic mass is 79.9. The highest BCUT2D eigenvalue weighted by molar-refractivity contribution is 9.10. The smallest absolute Gasteiger partial charge is 0.140 e. The lowest BCUT2D eigenvalue weighted by Crippen LogP contribution is -2.06. The number of unbranched alkanes of at least 4 members (excludes halogenated alkanes) is 1. The molecule has 1 aromatic rings. The molecule has 0 unspecified atom stereocenters. The molecule has 15 heavy (non-hydrogen) atoms. The number of hydrogen-bond acceptors (Lipinski definition) is 4. The maximum atomic E-state index is 8.63. The number of nitrogens with one attached hydrogen (secondary N) is 1. The van der Waals surface area contributed by atoms with E-state index >= 15 is 0 Å².